The summed E-state index contributed by atoms with van der Waals surface area (Å²) in [6.45, 7) is 2.10. The molecular weight excluding hydrogens is 285 g/mol. The van der Waals surface area contributed by atoms with Gasteiger partial charge in [-0.2, -0.15) is 11.8 Å². The van der Waals surface area contributed by atoms with E-state index in [0.717, 1.165) is 29.9 Å². The van der Waals surface area contributed by atoms with E-state index in [0.29, 0.717) is 12.3 Å². The van der Waals surface area contributed by atoms with Gasteiger partial charge in [0.25, 0.3) is 0 Å². The molecule has 1 unspecified atom stereocenters. The number of hydrogen-bond donors (Lipinski definition) is 1. The quantitative estimate of drug-likeness (QED) is 0.760. The summed E-state index contributed by atoms with van der Waals surface area (Å²) in [4.78, 5) is 12.1. The minimum atomic E-state index is -0.227. The van der Waals surface area contributed by atoms with Gasteiger partial charge >= 0.3 is 0 Å². The topological polar surface area (TPSA) is 29.1 Å². The number of thioether (sulfide) groups is 1. The van der Waals surface area contributed by atoms with Crippen LogP contribution >= 0.6 is 11.8 Å². The number of carbonyl (C=O) groups is 1. The van der Waals surface area contributed by atoms with E-state index in [-0.39, 0.29) is 17.8 Å². The van der Waals surface area contributed by atoms with Crippen LogP contribution in [0, 0.1) is 11.7 Å². The third-order valence-corrected chi connectivity index (χ3v) is 5.00. The van der Waals surface area contributed by atoms with E-state index in [1.54, 1.807) is 23.9 Å². The van der Waals surface area contributed by atoms with Gasteiger partial charge in [-0.05, 0) is 42.2 Å². The summed E-state index contributed by atoms with van der Waals surface area (Å²) in [5.41, 5.74) is 1.03. The first-order valence-electron chi connectivity index (χ1n) is 7.83. The molecule has 116 valence electrons. The second kappa shape index (κ2) is 8.42. The minimum Gasteiger partial charge on any atom is -0.349 e. The van der Waals surface area contributed by atoms with Gasteiger partial charge in [0, 0.05) is 12.2 Å². The lowest BCUT2D eigenvalue weighted by Gasteiger charge is -2.25. The first-order valence-corrected chi connectivity index (χ1v) is 8.98. The molecule has 1 amide bonds. The normalized spacial score (nSPS) is 16.9. The van der Waals surface area contributed by atoms with Crippen molar-refractivity contribution in [2.24, 2.45) is 5.92 Å². The molecule has 0 radical (unpaired) electrons. The highest BCUT2D eigenvalue weighted by Gasteiger charge is 2.27. The number of rotatable bonds is 7. The SMILES string of the molecule is CCSCCC(=O)NC(c1ccc(F)cc1)C1CCCC1. The molecular formula is C17H24FNOS. The number of nitrogens with one attached hydrogen (secondary N) is 1. The van der Waals surface area contributed by atoms with Crippen molar-refractivity contribution < 1.29 is 9.18 Å². The zero-order valence-electron chi connectivity index (χ0n) is 12.6. The standard InChI is InChI=1S/C17H24FNOS/c1-2-21-12-11-16(20)19-17(13-5-3-4-6-13)14-7-9-15(18)10-8-14/h7-10,13,17H,2-6,11-12H2,1H3,(H,19,20). The van der Waals surface area contributed by atoms with E-state index in [1.165, 1.54) is 25.0 Å². The van der Waals surface area contributed by atoms with Gasteiger partial charge in [0.15, 0.2) is 0 Å². The Labute approximate surface area is 130 Å². The lowest BCUT2D eigenvalue weighted by Crippen LogP contribution is -2.33. The molecule has 21 heavy (non-hydrogen) atoms. The summed E-state index contributed by atoms with van der Waals surface area (Å²) in [5.74, 6) is 2.27. The van der Waals surface area contributed by atoms with E-state index in [2.05, 4.69) is 12.2 Å². The van der Waals surface area contributed by atoms with Crippen molar-refractivity contribution in [2.45, 2.75) is 45.1 Å². The van der Waals surface area contributed by atoms with Gasteiger partial charge in [0.1, 0.15) is 5.82 Å². The van der Waals surface area contributed by atoms with Crippen molar-refractivity contribution in [1.82, 2.24) is 5.32 Å². The van der Waals surface area contributed by atoms with Crippen LogP contribution in [0.5, 0.6) is 0 Å². The lowest BCUT2D eigenvalue weighted by molar-refractivity contribution is -0.121. The molecule has 1 saturated carbocycles. The van der Waals surface area contributed by atoms with Gasteiger partial charge in [-0.25, -0.2) is 4.39 Å². The number of halogens is 1. The van der Waals surface area contributed by atoms with Crippen LogP contribution in [-0.2, 0) is 4.79 Å². The highest BCUT2D eigenvalue weighted by molar-refractivity contribution is 7.99. The van der Waals surface area contributed by atoms with Crippen molar-refractivity contribution in [2.75, 3.05) is 11.5 Å². The first kappa shape index (κ1) is 16.3. The van der Waals surface area contributed by atoms with Crippen LogP contribution in [0.15, 0.2) is 24.3 Å². The zero-order chi connectivity index (χ0) is 15.1. The molecule has 1 N–H and O–H groups in total. The van der Waals surface area contributed by atoms with Crippen LogP contribution in [0.4, 0.5) is 4.39 Å². The van der Waals surface area contributed by atoms with Crippen LogP contribution in [-0.4, -0.2) is 17.4 Å². The number of hydrogen-bond acceptors (Lipinski definition) is 2. The summed E-state index contributed by atoms with van der Waals surface area (Å²) in [6.07, 6.45) is 5.30. The third-order valence-electron chi connectivity index (χ3n) is 4.09. The molecule has 1 aliphatic rings. The van der Waals surface area contributed by atoms with Crippen molar-refractivity contribution in [3.8, 4) is 0 Å². The molecule has 0 bridgehead atoms. The first-order chi connectivity index (χ1) is 10.2. The Bertz CT molecular complexity index is 443. The Balaban J connectivity index is 2.01. The molecule has 0 aromatic heterocycles. The van der Waals surface area contributed by atoms with Crippen LogP contribution in [0.1, 0.15) is 50.6 Å². The van der Waals surface area contributed by atoms with Crippen LogP contribution < -0.4 is 5.32 Å². The summed E-state index contributed by atoms with van der Waals surface area (Å²) >= 11 is 1.78. The maximum atomic E-state index is 13.1. The fourth-order valence-corrected chi connectivity index (χ4v) is 3.61. The molecule has 0 aliphatic heterocycles. The predicted octanol–water partition coefficient (Wildman–Crippen LogP) is 4.32. The maximum absolute atomic E-state index is 13.1. The number of carbonyl (C=O) groups excluding carboxylic acids is 1. The fourth-order valence-electron chi connectivity index (χ4n) is 2.99. The Morgan fingerprint density at radius 1 is 1.33 bits per heavy atom. The summed E-state index contributed by atoms with van der Waals surface area (Å²) < 4.78 is 13.1. The van der Waals surface area contributed by atoms with Gasteiger partial charge in [-0.15, -0.1) is 0 Å². The average molecular weight is 309 g/mol. The smallest absolute Gasteiger partial charge is 0.221 e. The molecule has 1 fully saturated rings. The monoisotopic (exact) mass is 309 g/mol. The summed E-state index contributed by atoms with van der Waals surface area (Å²) in [5, 5.41) is 3.18. The highest BCUT2D eigenvalue weighted by Crippen LogP contribution is 2.35. The van der Waals surface area contributed by atoms with Gasteiger partial charge < -0.3 is 5.32 Å². The molecule has 0 heterocycles. The molecule has 1 aliphatic carbocycles. The Morgan fingerprint density at radius 3 is 2.62 bits per heavy atom. The summed E-state index contributed by atoms with van der Waals surface area (Å²) in [6, 6.07) is 6.61. The molecule has 0 saturated heterocycles. The number of benzene rings is 1. The lowest BCUT2D eigenvalue weighted by atomic mass is 9.91. The van der Waals surface area contributed by atoms with E-state index in [4.69, 9.17) is 0 Å². The molecule has 4 heteroatoms. The highest BCUT2D eigenvalue weighted by atomic mass is 32.2. The van der Waals surface area contributed by atoms with Crippen molar-refractivity contribution in [3.63, 3.8) is 0 Å². The zero-order valence-corrected chi connectivity index (χ0v) is 13.4. The van der Waals surface area contributed by atoms with Gasteiger partial charge in [0.2, 0.25) is 5.91 Å². The fraction of sp³-hybridized carbons (Fsp3) is 0.588. The van der Waals surface area contributed by atoms with E-state index >= 15 is 0 Å². The van der Waals surface area contributed by atoms with Crippen molar-refractivity contribution in [1.29, 1.82) is 0 Å². The average Bonchev–Trinajstić information content (AvgIpc) is 3.00. The van der Waals surface area contributed by atoms with Gasteiger partial charge in [-0.1, -0.05) is 31.9 Å². The van der Waals surface area contributed by atoms with Crippen LogP contribution in [0.2, 0.25) is 0 Å². The van der Waals surface area contributed by atoms with Gasteiger partial charge in [-0.3, -0.25) is 4.79 Å². The molecule has 2 rings (SSSR count). The molecule has 1 aromatic rings. The third kappa shape index (κ3) is 5.03. The van der Waals surface area contributed by atoms with Gasteiger partial charge in [0.05, 0.1) is 6.04 Å². The van der Waals surface area contributed by atoms with Crippen LogP contribution in [0.3, 0.4) is 0 Å². The molecule has 2 nitrogen and oxygen atoms in total. The Kier molecular flexibility index (Phi) is 6.55. The summed E-state index contributed by atoms with van der Waals surface area (Å²) in [7, 11) is 0. The second-order valence-electron chi connectivity index (χ2n) is 5.59. The minimum absolute atomic E-state index is 0.0345. The van der Waals surface area contributed by atoms with Crippen LogP contribution in [0.25, 0.3) is 0 Å². The maximum Gasteiger partial charge on any atom is 0.221 e. The van der Waals surface area contributed by atoms with E-state index in [9.17, 15) is 9.18 Å². The predicted molar refractivity (Wildman–Crippen MR) is 86.9 cm³/mol. The Morgan fingerprint density at radius 2 is 2.00 bits per heavy atom. The second-order valence-corrected chi connectivity index (χ2v) is 6.98. The van der Waals surface area contributed by atoms with E-state index in [1.807, 2.05) is 0 Å². The largest absolute Gasteiger partial charge is 0.349 e. The van der Waals surface area contributed by atoms with Crippen molar-refractivity contribution in [3.05, 3.63) is 35.6 Å². The van der Waals surface area contributed by atoms with Crippen molar-refractivity contribution >= 4 is 17.7 Å². The number of amides is 1. The molecule has 1 atom stereocenters. The Hall–Kier alpha value is -1.03. The molecule has 1 aromatic carbocycles. The van der Waals surface area contributed by atoms with E-state index < -0.39 is 0 Å². The molecule has 0 spiro atoms.